The molecule has 0 amide bonds. The molecule has 0 aliphatic carbocycles. The molecule has 0 saturated heterocycles. The van der Waals surface area contributed by atoms with Crippen LogP contribution in [0, 0.1) is 11.3 Å². The largest absolute Gasteiger partial charge is 0.369 e. The molecule has 1 aromatic carbocycles. The van der Waals surface area contributed by atoms with E-state index in [1.165, 1.54) is 11.3 Å². The van der Waals surface area contributed by atoms with E-state index in [0.717, 1.165) is 18.5 Å². The van der Waals surface area contributed by atoms with Crippen LogP contribution >= 0.6 is 0 Å². The van der Waals surface area contributed by atoms with Crippen molar-refractivity contribution in [2.45, 2.75) is 45.6 Å². The summed E-state index contributed by atoms with van der Waals surface area (Å²) >= 11 is 0. The predicted molar refractivity (Wildman–Crippen MR) is 71.3 cm³/mol. The second kappa shape index (κ2) is 4.07. The molecule has 0 saturated carbocycles. The van der Waals surface area contributed by atoms with Gasteiger partial charge in [-0.05, 0) is 49.4 Å². The first kappa shape index (κ1) is 12.0. The lowest BCUT2D eigenvalue weighted by Gasteiger charge is -2.42. The molecule has 0 bridgehead atoms. The summed E-state index contributed by atoms with van der Waals surface area (Å²) < 4.78 is 0. The first-order valence-corrected chi connectivity index (χ1v) is 6.27. The maximum Gasteiger partial charge on any atom is 0.0991 e. The Morgan fingerprint density at radius 3 is 2.65 bits per heavy atom. The fourth-order valence-electron chi connectivity index (χ4n) is 2.59. The Kier molecular flexibility index (Phi) is 2.87. The third-order valence-electron chi connectivity index (χ3n) is 3.77. The highest BCUT2D eigenvalue weighted by Crippen LogP contribution is 2.40. The third kappa shape index (κ3) is 2.02. The number of nitrogens with zero attached hydrogens (tertiary/aromatic N) is 2. The average Bonchev–Trinajstić information content (AvgIpc) is 2.28. The third-order valence-corrected chi connectivity index (χ3v) is 3.77. The number of hydrogen-bond donors (Lipinski definition) is 0. The molecule has 0 fully saturated rings. The van der Waals surface area contributed by atoms with Crippen molar-refractivity contribution >= 4 is 5.69 Å². The van der Waals surface area contributed by atoms with E-state index in [9.17, 15) is 0 Å². The number of hydrogen-bond acceptors (Lipinski definition) is 2. The van der Waals surface area contributed by atoms with Gasteiger partial charge in [0.2, 0.25) is 0 Å². The van der Waals surface area contributed by atoms with Crippen LogP contribution in [0.1, 0.15) is 45.2 Å². The van der Waals surface area contributed by atoms with Crippen LogP contribution in [0.5, 0.6) is 0 Å². The van der Waals surface area contributed by atoms with E-state index >= 15 is 0 Å². The van der Waals surface area contributed by atoms with Crippen LogP contribution in [0.3, 0.4) is 0 Å². The van der Waals surface area contributed by atoms with E-state index in [0.29, 0.717) is 6.04 Å². The Balaban J connectivity index is 2.56. The summed E-state index contributed by atoms with van der Waals surface area (Å²) in [6.07, 6.45) is 1.15. The lowest BCUT2D eigenvalue weighted by molar-refractivity contribution is 0.442. The molecule has 0 N–H and O–H groups in total. The van der Waals surface area contributed by atoms with Crippen molar-refractivity contribution in [1.29, 1.82) is 5.26 Å². The monoisotopic (exact) mass is 228 g/mol. The Hall–Kier alpha value is -1.49. The fourth-order valence-corrected chi connectivity index (χ4v) is 2.59. The molecule has 2 heteroatoms. The van der Waals surface area contributed by atoms with E-state index in [1.54, 1.807) is 0 Å². The van der Waals surface area contributed by atoms with E-state index in [-0.39, 0.29) is 5.41 Å². The summed E-state index contributed by atoms with van der Waals surface area (Å²) in [6.45, 7) is 10.1. The molecule has 0 unspecified atom stereocenters. The maximum atomic E-state index is 9.02. The van der Waals surface area contributed by atoms with Gasteiger partial charge in [-0.25, -0.2) is 0 Å². The molecule has 1 aliphatic rings. The number of benzene rings is 1. The van der Waals surface area contributed by atoms with Crippen LogP contribution in [0.25, 0.3) is 0 Å². The molecule has 1 aliphatic heterocycles. The van der Waals surface area contributed by atoms with Crippen molar-refractivity contribution in [3.05, 3.63) is 29.3 Å². The van der Waals surface area contributed by atoms with Crippen LogP contribution < -0.4 is 4.90 Å². The van der Waals surface area contributed by atoms with Gasteiger partial charge in [0, 0.05) is 18.3 Å². The zero-order valence-electron chi connectivity index (χ0n) is 11.1. The van der Waals surface area contributed by atoms with E-state index in [4.69, 9.17) is 5.26 Å². The first-order chi connectivity index (χ1) is 7.95. The van der Waals surface area contributed by atoms with Gasteiger partial charge in [0.05, 0.1) is 11.6 Å². The highest BCUT2D eigenvalue weighted by atomic mass is 15.2. The molecular weight excluding hydrogens is 208 g/mol. The summed E-state index contributed by atoms with van der Waals surface area (Å²) in [5, 5.41) is 9.02. The van der Waals surface area contributed by atoms with Crippen molar-refractivity contribution in [1.82, 2.24) is 0 Å². The van der Waals surface area contributed by atoms with Gasteiger partial charge in [0.25, 0.3) is 0 Å². The second-order valence-electron chi connectivity index (χ2n) is 5.76. The predicted octanol–water partition coefficient (Wildman–Crippen LogP) is 3.45. The van der Waals surface area contributed by atoms with Crippen LogP contribution in [0.2, 0.25) is 0 Å². The lowest BCUT2D eigenvalue weighted by atomic mass is 9.77. The molecular formula is C15H20N2. The first-order valence-electron chi connectivity index (χ1n) is 6.27. The molecule has 90 valence electrons. The van der Waals surface area contributed by atoms with Gasteiger partial charge in [0.1, 0.15) is 0 Å². The van der Waals surface area contributed by atoms with Gasteiger partial charge < -0.3 is 4.90 Å². The average molecular weight is 228 g/mol. The maximum absolute atomic E-state index is 9.02. The summed E-state index contributed by atoms with van der Waals surface area (Å²) in [7, 11) is 0. The van der Waals surface area contributed by atoms with Crippen molar-refractivity contribution in [3.63, 3.8) is 0 Å². The zero-order valence-corrected chi connectivity index (χ0v) is 11.1. The van der Waals surface area contributed by atoms with Gasteiger partial charge in [-0.1, -0.05) is 13.8 Å². The minimum absolute atomic E-state index is 0.174. The Morgan fingerprint density at radius 1 is 1.35 bits per heavy atom. The van der Waals surface area contributed by atoms with Crippen LogP contribution in [0.4, 0.5) is 5.69 Å². The second-order valence-corrected chi connectivity index (χ2v) is 5.76. The van der Waals surface area contributed by atoms with Gasteiger partial charge in [-0.3, -0.25) is 0 Å². The van der Waals surface area contributed by atoms with Crippen LogP contribution in [-0.4, -0.2) is 12.6 Å². The van der Waals surface area contributed by atoms with Crippen LogP contribution in [0.15, 0.2) is 18.2 Å². The topological polar surface area (TPSA) is 27.0 Å². The number of rotatable bonds is 1. The minimum atomic E-state index is 0.174. The molecule has 0 spiro atoms. The highest BCUT2D eigenvalue weighted by Gasteiger charge is 2.32. The van der Waals surface area contributed by atoms with Crippen LogP contribution in [-0.2, 0) is 5.41 Å². The number of fused-ring (bicyclic) bond motifs is 1. The number of anilines is 1. The quantitative estimate of drug-likeness (QED) is 0.736. The zero-order chi connectivity index (χ0) is 12.6. The fraction of sp³-hybridized carbons (Fsp3) is 0.533. The van der Waals surface area contributed by atoms with E-state index in [1.807, 2.05) is 6.07 Å². The normalized spacial score (nSPS) is 17.8. The van der Waals surface area contributed by atoms with Gasteiger partial charge in [-0.2, -0.15) is 5.26 Å². The summed E-state index contributed by atoms with van der Waals surface area (Å²) in [5.74, 6) is 0. The molecule has 1 aromatic rings. The molecule has 0 radical (unpaired) electrons. The summed E-state index contributed by atoms with van der Waals surface area (Å²) in [4.78, 5) is 2.43. The molecule has 2 nitrogen and oxygen atoms in total. The van der Waals surface area contributed by atoms with Gasteiger partial charge in [-0.15, -0.1) is 0 Å². The lowest BCUT2D eigenvalue weighted by Crippen LogP contribution is -2.41. The molecule has 2 rings (SSSR count). The van der Waals surface area contributed by atoms with Crippen molar-refractivity contribution in [2.24, 2.45) is 0 Å². The number of nitriles is 1. The minimum Gasteiger partial charge on any atom is -0.369 e. The smallest absolute Gasteiger partial charge is 0.0991 e. The molecule has 1 heterocycles. The molecule has 0 atom stereocenters. The summed E-state index contributed by atoms with van der Waals surface area (Å²) in [6, 6.07) is 8.84. The van der Waals surface area contributed by atoms with E-state index in [2.05, 4.69) is 50.8 Å². The Labute approximate surface area is 104 Å². The highest BCUT2D eigenvalue weighted by molar-refractivity contribution is 5.61. The Morgan fingerprint density at radius 2 is 2.06 bits per heavy atom. The summed E-state index contributed by atoms with van der Waals surface area (Å²) in [5.41, 5.74) is 3.56. The van der Waals surface area contributed by atoms with Crippen molar-refractivity contribution in [3.8, 4) is 6.07 Å². The molecule has 0 aromatic heterocycles. The Bertz CT molecular complexity index is 466. The van der Waals surface area contributed by atoms with Gasteiger partial charge >= 0.3 is 0 Å². The van der Waals surface area contributed by atoms with Crippen molar-refractivity contribution in [2.75, 3.05) is 11.4 Å². The standard InChI is InChI=1S/C15H20N2/c1-11(2)17-8-7-15(3,4)13-9-12(10-16)5-6-14(13)17/h5-6,9,11H,7-8H2,1-4H3. The van der Waals surface area contributed by atoms with Crippen molar-refractivity contribution < 1.29 is 0 Å². The van der Waals surface area contributed by atoms with E-state index < -0.39 is 0 Å². The van der Waals surface area contributed by atoms with Gasteiger partial charge in [0.15, 0.2) is 0 Å². The SMILES string of the molecule is CC(C)N1CCC(C)(C)c2cc(C#N)ccc21. The molecule has 17 heavy (non-hydrogen) atoms.